The highest BCUT2D eigenvalue weighted by Gasteiger charge is 1.85. The van der Waals surface area contributed by atoms with E-state index in [0.29, 0.717) is 0 Å². The van der Waals surface area contributed by atoms with Gasteiger partial charge in [-0.25, -0.2) is 0 Å². The third-order valence-corrected chi connectivity index (χ3v) is 8.98. The second-order valence-corrected chi connectivity index (χ2v) is 14.5. The fourth-order valence-electron chi connectivity index (χ4n) is 4.66. The Morgan fingerprint density at radius 2 is 0.237 bits per heavy atom. The van der Waals surface area contributed by atoms with E-state index in [9.17, 15) is 0 Å². The minimum absolute atomic E-state index is 1.32. The number of hydrogen-bond donors (Lipinski definition) is 0. The van der Waals surface area contributed by atoms with Crippen molar-refractivity contribution >= 4 is 0 Å². The van der Waals surface area contributed by atoms with Crippen LogP contribution in [0.1, 0.15) is 61.2 Å². The average Bonchev–Trinajstić information content (AvgIpc) is 3.24. The van der Waals surface area contributed by atoms with Crippen LogP contribution in [0.5, 0.6) is 0 Å². The molecule has 8 rings (SSSR count). The number of hydrogen-bond acceptors (Lipinski definition) is 0. The van der Waals surface area contributed by atoms with E-state index >= 15 is 0 Å². The Bertz CT molecular complexity index is 1750. The summed E-state index contributed by atoms with van der Waals surface area (Å²) in [6.45, 7) is 23.1. The van der Waals surface area contributed by atoms with Gasteiger partial charge in [-0.15, -0.1) is 0 Å². The second-order valence-electron chi connectivity index (χ2n) is 14.5. The lowest BCUT2D eigenvalue weighted by Crippen LogP contribution is -1.74. The van der Waals surface area contributed by atoms with Gasteiger partial charge in [0.1, 0.15) is 0 Å². The number of rotatable bonds is 0. The van der Waals surface area contributed by atoms with Crippen molar-refractivity contribution in [2.45, 2.75) is 76.2 Å². The van der Waals surface area contributed by atoms with Gasteiger partial charge in [-0.1, -0.05) is 252 Å². The summed E-state index contributed by atoms with van der Waals surface area (Å²) >= 11 is 0. The van der Waals surface area contributed by atoms with E-state index in [2.05, 4.69) is 210 Å². The summed E-state index contributed by atoms with van der Waals surface area (Å²) in [5.74, 6) is 0. The monoisotopic (exact) mass is 779 g/mol. The zero-order valence-electron chi connectivity index (χ0n) is 37.9. The second kappa shape index (κ2) is 32.8. The summed E-state index contributed by atoms with van der Waals surface area (Å²) in [6, 6.07) is 76.4. The van der Waals surface area contributed by atoms with Gasteiger partial charge in [0, 0.05) is 0 Å². The minimum atomic E-state index is 1.32. The van der Waals surface area contributed by atoms with Gasteiger partial charge in [-0.3, -0.25) is 0 Å². The van der Waals surface area contributed by atoms with Crippen molar-refractivity contribution in [3.05, 3.63) is 286 Å². The first-order valence-corrected chi connectivity index (χ1v) is 20.5. The molecular formula is C59H70. The molecule has 0 aliphatic carbocycles. The predicted octanol–water partition coefficient (Wildman–Crippen LogP) is 16.9. The summed E-state index contributed by atoms with van der Waals surface area (Å²) in [4.78, 5) is 0. The summed E-state index contributed by atoms with van der Waals surface area (Å²) in [5, 5.41) is 0. The Labute approximate surface area is 360 Å². The zero-order chi connectivity index (χ0) is 43.5. The molecule has 306 valence electrons. The lowest BCUT2D eigenvalue weighted by atomic mass is 10.1. The maximum absolute atomic E-state index is 2.12. The van der Waals surface area contributed by atoms with Gasteiger partial charge in [0.15, 0.2) is 0 Å². The van der Waals surface area contributed by atoms with Gasteiger partial charge >= 0.3 is 0 Å². The van der Waals surface area contributed by atoms with Gasteiger partial charge in [0.2, 0.25) is 0 Å². The van der Waals surface area contributed by atoms with Gasteiger partial charge in [-0.2, -0.15) is 0 Å². The van der Waals surface area contributed by atoms with Gasteiger partial charge < -0.3 is 0 Å². The molecule has 0 spiro atoms. The standard InChI is InChI=1S/3C8H10.5C7H8/c3*1-7-5-3-4-6-8(7)2;5*1-7-5-3-2-4-6-7/h3*3-6H,1-2H3;5*2-6H,1H3. The Morgan fingerprint density at radius 1 is 0.136 bits per heavy atom. The molecule has 0 bridgehead atoms. The fourth-order valence-corrected chi connectivity index (χ4v) is 4.66. The van der Waals surface area contributed by atoms with Crippen LogP contribution in [0.4, 0.5) is 0 Å². The highest BCUT2D eigenvalue weighted by molar-refractivity contribution is 5.25. The molecule has 8 aromatic carbocycles. The van der Waals surface area contributed by atoms with Crippen LogP contribution in [0.25, 0.3) is 0 Å². The first-order valence-electron chi connectivity index (χ1n) is 20.5. The highest BCUT2D eigenvalue weighted by Crippen LogP contribution is 2.04. The van der Waals surface area contributed by atoms with Crippen LogP contribution in [0.15, 0.2) is 224 Å². The Hall–Kier alpha value is -6.24. The first-order chi connectivity index (χ1) is 28.4. The van der Waals surface area contributed by atoms with Crippen LogP contribution >= 0.6 is 0 Å². The van der Waals surface area contributed by atoms with E-state index in [4.69, 9.17) is 0 Å². The normalized spacial score (nSPS) is 8.93. The van der Waals surface area contributed by atoms with E-state index in [1.807, 2.05) is 91.0 Å². The van der Waals surface area contributed by atoms with Crippen LogP contribution in [0.3, 0.4) is 0 Å². The molecule has 0 unspecified atom stereocenters. The molecule has 0 atom stereocenters. The largest absolute Gasteiger partial charge is 0.0622 e. The smallest absolute Gasteiger partial charge is 0.0395 e. The third kappa shape index (κ3) is 28.8. The SMILES string of the molecule is Cc1ccccc1.Cc1ccccc1.Cc1ccccc1.Cc1ccccc1.Cc1ccccc1.Cc1ccccc1C.Cc1ccccc1C.Cc1ccccc1C. The molecule has 0 aromatic heterocycles. The third-order valence-electron chi connectivity index (χ3n) is 8.98. The van der Waals surface area contributed by atoms with Crippen LogP contribution in [-0.4, -0.2) is 0 Å². The number of benzene rings is 8. The topological polar surface area (TPSA) is 0 Å². The van der Waals surface area contributed by atoms with Crippen molar-refractivity contribution in [2.75, 3.05) is 0 Å². The summed E-state index contributed by atoms with van der Waals surface area (Å²) in [6.07, 6.45) is 0. The number of aryl methyl sites for hydroxylation is 11. The van der Waals surface area contributed by atoms with Gasteiger partial charge in [0.25, 0.3) is 0 Å². The zero-order valence-corrected chi connectivity index (χ0v) is 37.9. The quantitative estimate of drug-likeness (QED) is 0.144. The molecular weight excluding hydrogens is 709 g/mol. The molecule has 0 radical (unpaired) electrons. The highest BCUT2D eigenvalue weighted by atomic mass is 13.9. The fraction of sp³-hybridized carbons (Fsp3) is 0.186. The van der Waals surface area contributed by atoms with Gasteiger partial charge in [-0.05, 0) is 110 Å². The Kier molecular flexibility index (Phi) is 28.2. The molecule has 0 fully saturated rings. The van der Waals surface area contributed by atoms with Crippen LogP contribution < -0.4 is 0 Å². The molecule has 0 saturated heterocycles. The predicted molar refractivity (Wildman–Crippen MR) is 264 cm³/mol. The van der Waals surface area contributed by atoms with Crippen LogP contribution in [0.2, 0.25) is 0 Å². The van der Waals surface area contributed by atoms with Crippen molar-refractivity contribution in [1.82, 2.24) is 0 Å². The molecule has 59 heavy (non-hydrogen) atoms. The molecule has 0 heterocycles. The van der Waals surface area contributed by atoms with Crippen molar-refractivity contribution in [3.8, 4) is 0 Å². The molecule has 0 saturated carbocycles. The molecule has 8 aromatic rings. The molecule has 0 heteroatoms. The van der Waals surface area contributed by atoms with Crippen molar-refractivity contribution < 1.29 is 0 Å². The Morgan fingerprint density at radius 3 is 0.305 bits per heavy atom. The molecule has 0 N–H and O–H groups in total. The van der Waals surface area contributed by atoms with Crippen molar-refractivity contribution in [1.29, 1.82) is 0 Å². The van der Waals surface area contributed by atoms with Gasteiger partial charge in [0.05, 0.1) is 0 Å². The van der Waals surface area contributed by atoms with Crippen molar-refractivity contribution in [3.63, 3.8) is 0 Å². The lowest BCUT2D eigenvalue weighted by Gasteiger charge is -1.93. The minimum Gasteiger partial charge on any atom is -0.0622 e. The molecule has 0 aliphatic heterocycles. The molecule has 0 nitrogen and oxygen atoms in total. The first kappa shape index (κ1) is 50.8. The average molecular weight is 779 g/mol. The molecule has 0 amide bonds. The summed E-state index contributed by atoms with van der Waals surface area (Å²) in [5.41, 5.74) is 14.8. The summed E-state index contributed by atoms with van der Waals surface area (Å²) < 4.78 is 0. The van der Waals surface area contributed by atoms with E-state index in [1.54, 1.807) is 0 Å². The van der Waals surface area contributed by atoms with Crippen LogP contribution in [-0.2, 0) is 0 Å². The Balaban J connectivity index is 0.000000337. The summed E-state index contributed by atoms with van der Waals surface area (Å²) in [7, 11) is 0. The molecule has 0 aliphatic rings. The van der Waals surface area contributed by atoms with E-state index < -0.39 is 0 Å². The van der Waals surface area contributed by atoms with Crippen LogP contribution in [0, 0.1) is 76.2 Å². The van der Waals surface area contributed by atoms with Crippen molar-refractivity contribution in [2.24, 2.45) is 0 Å². The van der Waals surface area contributed by atoms with E-state index in [-0.39, 0.29) is 0 Å². The lowest BCUT2D eigenvalue weighted by molar-refractivity contribution is 1.34. The van der Waals surface area contributed by atoms with E-state index in [0.717, 1.165) is 0 Å². The maximum atomic E-state index is 2.12. The van der Waals surface area contributed by atoms with E-state index in [1.165, 1.54) is 61.2 Å². The maximum Gasteiger partial charge on any atom is -0.0395 e.